The second-order valence-electron chi connectivity index (χ2n) is 3.90. The number of ether oxygens (including phenoxy) is 1. The second kappa shape index (κ2) is 4.47. The van der Waals surface area contributed by atoms with E-state index in [0.717, 1.165) is 17.0 Å². The summed E-state index contributed by atoms with van der Waals surface area (Å²) in [4.78, 5) is 11.3. The van der Waals surface area contributed by atoms with Gasteiger partial charge in [-0.3, -0.25) is 9.48 Å². The van der Waals surface area contributed by atoms with Crippen LogP contribution in [-0.4, -0.2) is 22.9 Å². The normalized spacial score (nSPS) is 12.6. The molecule has 0 saturated heterocycles. The molecule has 4 nitrogen and oxygen atoms in total. The van der Waals surface area contributed by atoms with Crippen molar-refractivity contribution in [3.05, 3.63) is 17.0 Å². The van der Waals surface area contributed by atoms with Crippen molar-refractivity contribution in [3.63, 3.8) is 0 Å². The third-order valence-corrected chi connectivity index (χ3v) is 2.77. The summed E-state index contributed by atoms with van der Waals surface area (Å²) in [6, 6.07) is 0. The van der Waals surface area contributed by atoms with Crippen LogP contribution < -0.4 is 0 Å². The third-order valence-electron chi connectivity index (χ3n) is 2.77. The first kappa shape index (κ1) is 11.8. The molecule has 0 N–H and O–H groups in total. The fourth-order valence-corrected chi connectivity index (χ4v) is 1.70. The van der Waals surface area contributed by atoms with Crippen LogP contribution in [0.25, 0.3) is 0 Å². The van der Waals surface area contributed by atoms with Gasteiger partial charge in [0.2, 0.25) is 0 Å². The zero-order chi connectivity index (χ0) is 11.6. The summed E-state index contributed by atoms with van der Waals surface area (Å²) in [5.41, 5.74) is 3.25. The monoisotopic (exact) mass is 210 g/mol. The zero-order valence-electron chi connectivity index (χ0n) is 10.00. The predicted molar refractivity (Wildman–Crippen MR) is 57.6 cm³/mol. The first-order chi connectivity index (χ1) is 6.97. The van der Waals surface area contributed by atoms with Crippen LogP contribution >= 0.6 is 0 Å². The van der Waals surface area contributed by atoms with E-state index in [0.29, 0.717) is 6.42 Å². The van der Waals surface area contributed by atoms with Gasteiger partial charge >= 0.3 is 5.97 Å². The van der Waals surface area contributed by atoms with Gasteiger partial charge in [-0.25, -0.2) is 0 Å². The van der Waals surface area contributed by atoms with E-state index in [1.807, 2.05) is 32.5 Å². The van der Waals surface area contributed by atoms with E-state index >= 15 is 0 Å². The average Bonchev–Trinajstić information content (AvgIpc) is 2.43. The summed E-state index contributed by atoms with van der Waals surface area (Å²) in [7, 11) is 3.33. The molecule has 1 heterocycles. The van der Waals surface area contributed by atoms with E-state index in [9.17, 15) is 4.79 Å². The molecule has 4 heteroatoms. The molecule has 15 heavy (non-hydrogen) atoms. The smallest absolute Gasteiger partial charge is 0.308 e. The Morgan fingerprint density at radius 3 is 2.53 bits per heavy atom. The van der Waals surface area contributed by atoms with Gasteiger partial charge in [-0.1, -0.05) is 6.92 Å². The molecule has 0 aliphatic carbocycles. The van der Waals surface area contributed by atoms with Crippen molar-refractivity contribution in [3.8, 4) is 0 Å². The minimum absolute atomic E-state index is 0.114. The molecule has 0 aliphatic heterocycles. The van der Waals surface area contributed by atoms with Crippen LogP contribution in [0.4, 0.5) is 0 Å². The van der Waals surface area contributed by atoms with E-state index in [4.69, 9.17) is 4.74 Å². The SMILES string of the molecule is COC(=O)C(C)Cc1c(C)nn(C)c1C. The molecule has 0 bridgehead atoms. The molecule has 0 saturated carbocycles. The molecule has 0 spiro atoms. The summed E-state index contributed by atoms with van der Waals surface area (Å²) in [6.45, 7) is 5.85. The lowest BCUT2D eigenvalue weighted by Crippen LogP contribution is -2.15. The molecule has 84 valence electrons. The van der Waals surface area contributed by atoms with Gasteiger partial charge in [0.15, 0.2) is 0 Å². The highest BCUT2D eigenvalue weighted by molar-refractivity contribution is 5.72. The van der Waals surface area contributed by atoms with Crippen LogP contribution in [0.2, 0.25) is 0 Å². The number of carbonyl (C=O) groups excluding carboxylic acids is 1. The first-order valence-corrected chi connectivity index (χ1v) is 5.04. The maximum absolute atomic E-state index is 11.3. The molecule has 1 atom stereocenters. The fourth-order valence-electron chi connectivity index (χ4n) is 1.70. The lowest BCUT2D eigenvalue weighted by molar-refractivity contribution is -0.144. The number of methoxy groups -OCH3 is 1. The minimum atomic E-state index is -0.169. The van der Waals surface area contributed by atoms with Crippen molar-refractivity contribution in [2.75, 3.05) is 7.11 Å². The highest BCUT2D eigenvalue weighted by atomic mass is 16.5. The van der Waals surface area contributed by atoms with Gasteiger partial charge in [0, 0.05) is 12.7 Å². The summed E-state index contributed by atoms with van der Waals surface area (Å²) in [5, 5.41) is 4.31. The van der Waals surface area contributed by atoms with Crippen molar-refractivity contribution in [2.45, 2.75) is 27.2 Å². The van der Waals surface area contributed by atoms with E-state index in [1.54, 1.807) is 0 Å². The number of nitrogens with zero attached hydrogens (tertiary/aromatic N) is 2. The van der Waals surface area contributed by atoms with Crippen LogP contribution in [0.1, 0.15) is 23.9 Å². The zero-order valence-corrected chi connectivity index (χ0v) is 10.00. The summed E-state index contributed by atoms with van der Waals surface area (Å²) in [5.74, 6) is -0.283. The summed E-state index contributed by atoms with van der Waals surface area (Å²) in [6.07, 6.45) is 0.693. The van der Waals surface area contributed by atoms with Crippen LogP contribution in [0.15, 0.2) is 0 Å². The summed E-state index contributed by atoms with van der Waals surface area (Å²) >= 11 is 0. The van der Waals surface area contributed by atoms with E-state index in [1.165, 1.54) is 7.11 Å². The molecule has 1 aromatic heterocycles. The number of esters is 1. The van der Waals surface area contributed by atoms with Gasteiger partial charge in [0.1, 0.15) is 0 Å². The molecule has 1 unspecified atom stereocenters. The molecular formula is C11H18N2O2. The van der Waals surface area contributed by atoms with Crippen molar-refractivity contribution in [2.24, 2.45) is 13.0 Å². The molecule has 1 aromatic rings. The van der Waals surface area contributed by atoms with Gasteiger partial charge in [0.25, 0.3) is 0 Å². The lowest BCUT2D eigenvalue weighted by Gasteiger charge is -2.09. The largest absolute Gasteiger partial charge is 0.469 e. The first-order valence-electron chi connectivity index (χ1n) is 5.04. The Hall–Kier alpha value is -1.32. The highest BCUT2D eigenvalue weighted by Gasteiger charge is 2.18. The Labute approximate surface area is 90.2 Å². The Balaban J connectivity index is 2.85. The van der Waals surface area contributed by atoms with Gasteiger partial charge in [-0.2, -0.15) is 5.10 Å². The Bertz CT molecular complexity index is 369. The van der Waals surface area contributed by atoms with E-state index in [2.05, 4.69) is 5.10 Å². The molecule has 0 aromatic carbocycles. The van der Waals surface area contributed by atoms with Crippen molar-refractivity contribution < 1.29 is 9.53 Å². The fraction of sp³-hybridized carbons (Fsp3) is 0.636. The number of carbonyl (C=O) groups is 1. The molecule has 0 radical (unpaired) electrons. The minimum Gasteiger partial charge on any atom is -0.469 e. The van der Waals surface area contributed by atoms with Crippen molar-refractivity contribution in [1.29, 1.82) is 0 Å². The quantitative estimate of drug-likeness (QED) is 0.708. The molecular weight excluding hydrogens is 192 g/mol. The topological polar surface area (TPSA) is 44.1 Å². The number of rotatable bonds is 3. The van der Waals surface area contributed by atoms with Crippen LogP contribution in [0, 0.1) is 19.8 Å². The lowest BCUT2D eigenvalue weighted by atomic mass is 10.00. The molecule has 0 amide bonds. The van der Waals surface area contributed by atoms with Gasteiger partial charge in [-0.15, -0.1) is 0 Å². The Morgan fingerprint density at radius 1 is 1.53 bits per heavy atom. The predicted octanol–water partition coefficient (Wildman–Crippen LogP) is 1.39. The molecule has 0 aliphatic rings. The number of hydrogen-bond acceptors (Lipinski definition) is 3. The highest BCUT2D eigenvalue weighted by Crippen LogP contribution is 2.17. The molecule has 1 rings (SSSR count). The van der Waals surface area contributed by atoms with Crippen LogP contribution in [0.5, 0.6) is 0 Å². The second-order valence-corrected chi connectivity index (χ2v) is 3.90. The maximum atomic E-state index is 11.3. The molecule has 0 fully saturated rings. The average molecular weight is 210 g/mol. The third kappa shape index (κ3) is 2.37. The standard InChI is InChI=1S/C11H18N2O2/c1-7(11(14)15-5)6-10-8(2)12-13(4)9(10)3/h7H,6H2,1-5H3. The van der Waals surface area contributed by atoms with E-state index in [-0.39, 0.29) is 11.9 Å². The maximum Gasteiger partial charge on any atom is 0.308 e. The van der Waals surface area contributed by atoms with Crippen LogP contribution in [-0.2, 0) is 23.0 Å². The summed E-state index contributed by atoms with van der Waals surface area (Å²) < 4.78 is 6.55. The van der Waals surface area contributed by atoms with Crippen molar-refractivity contribution in [1.82, 2.24) is 9.78 Å². The Morgan fingerprint density at radius 2 is 2.13 bits per heavy atom. The van der Waals surface area contributed by atoms with Gasteiger partial charge in [-0.05, 0) is 25.8 Å². The number of aryl methyl sites for hydroxylation is 2. The van der Waals surface area contributed by atoms with Crippen LogP contribution in [0.3, 0.4) is 0 Å². The van der Waals surface area contributed by atoms with E-state index < -0.39 is 0 Å². The number of hydrogen-bond donors (Lipinski definition) is 0. The Kier molecular flexibility index (Phi) is 3.50. The van der Waals surface area contributed by atoms with Gasteiger partial charge in [0.05, 0.1) is 18.7 Å². The van der Waals surface area contributed by atoms with Crippen molar-refractivity contribution >= 4 is 5.97 Å². The number of aromatic nitrogens is 2. The van der Waals surface area contributed by atoms with Gasteiger partial charge < -0.3 is 4.74 Å².